The summed E-state index contributed by atoms with van der Waals surface area (Å²) < 4.78 is 5.43. The number of aromatic nitrogens is 1. The molecule has 0 fully saturated rings. The summed E-state index contributed by atoms with van der Waals surface area (Å²) in [6.07, 6.45) is 0. The third kappa shape index (κ3) is 2.47. The predicted molar refractivity (Wildman–Crippen MR) is 76.1 cm³/mol. The molecule has 3 nitrogen and oxygen atoms in total. The maximum atomic E-state index is 11.7. The Hall–Kier alpha value is -1.20. The van der Waals surface area contributed by atoms with E-state index in [1.54, 1.807) is 0 Å². The van der Waals surface area contributed by atoms with Gasteiger partial charge < -0.3 is 4.74 Å². The number of hydrogen-bond acceptors (Lipinski definition) is 4. The fourth-order valence-corrected chi connectivity index (χ4v) is 3.05. The molecule has 0 aliphatic rings. The standard InChI is InChI=1S/C13H12BrNO2S/c1-7-4-5-9(6-8(7)2)11-10(12(16)17-3)15-13(14)18-11/h4-6H,1-3H3. The Kier molecular flexibility index (Phi) is 3.82. The van der Waals surface area contributed by atoms with Gasteiger partial charge in [-0.05, 0) is 46.5 Å². The fraction of sp³-hybridized carbons (Fsp3) is 0.231. The molecule has 2 rings (SSSR count). The predicted octanol–water partition coefficient (Wildman–Crippen LogP) is 3.98. The molecule has 0 unspecified atom stereocenters. The van der Waals surface area contributed by atoms with Gasteiger partial charge in [0.1, 0.15) is 0 Å². The van der Waals surface area contributed by atoms with Crippen molar-refractivity contribution in [2.24, 2.45) is 0 Å². The van der Waals surface area contributed by atoms with E-state index in [0.717, 1.165) is 10.4 Å². The van der Waals surface area contributed by atoms with Crippen LogP contribution >= 0.6 is 27.3 Å². The van der Waals surface area contributed by atoms with Crippen molar-refractivity contribution in [1.29, 1.82) is 0 Å². The molecule has 0 saturated carbocycles. The molecule has 5 heteroatoms. The molecule has 0 saturated heterocycles. The lowest BCUT2D eigenvalue weighted by molar-refractivity contribution is 0.0595. The highest BCUT2D eigenvalue weighted by Gasteiger charge is 2.19. The molecule has 0 atom stereocenters. The normalized spacial score (nSPS) is 10.4. The Labute approximate surface area is 118 Å². The van der Waals surface area contributed by atoms with Crippen LogP contribution in [-0.2, 0) is 4.74 Å². The fourth-order valence-electron chi connectivity index (χ4n) is 1.61. The summed E-state index contributed by atoms with van der Waals surface area (Å²) in [5, 5.41) is 0. The smallest absolute Gasteiger partial charge is 0.358 e. The van der Waals surface area contributed by atoms with Crippen LogP contribution < -0.4 is 0 Å². The Morgan fingerprint density at radius 3 is 2.67 bits per heavy atom. The highest BCUT2D eigenvalue weighted by Crippen LogP contribution is 2.34. The number of benzene rings is 1. The first kappa shape index (κ1) is 13.2. The molecule has 0 aliphatic carbocycles. The largest absolute Gasteiger partial charge is 0.464 e. The maximum Gasteiger partial charge on any atom is 0.358 e. The molecular formula is C13H12BrNO2S. The molecule has 0 radical (unpaired) electrons. The van der Waals surface area contributed by atoms with Crippen molar-refractivity contribution >= 4 is 33.2 Å². The number of rotatable bonds is 2. The molecule has 18 heavy (non-hydrogen) atoms. The molecule has 1 heterocycles. The molecule has 2 aromatic rings. The summed E-state index contributed by atoms with van der Waals surface area (Å²) in [4.78, 5) is 16.7. The molecule has 0 amide bonds. The summed E-state index contributed by atoms with van der Waals surface area (Å²) >= 11 is 4.74. The van der Waals surface area contributed by atoms with Gasteiger partial charge >= 0.3 is 5.97 Å². The highest BCUT2D eigenvalue weighted by molar-refractivity contribution is 9.11. The van der Waals surface area contributed by atoms with Crippen molar-refractivity contribution in [1.82, 2.24) is 4.98 Å². The van der Waals surface area contributed by atoms with E-state index in [1.165, 1.54) is 29.6 Å². The van der Waals surface area contributed by atoms with E-state index >= 15 is 0 Å². The van der Waals surface area contributed by atoms with Crippen LogP contribution in [0.4, 0.5) is 0 Å². The van der Waals surface area contributed by atoms with Gasteiger partial charge in [0, 0.05) is 0 Å². The number of hydrogen-bond donors (Lipinski definition) is 0. The first-order valence-corrected chi connectivity index (χ1v) is 6.96. The zero-order valence-electron chi connectivity index (χ0n) is 10.3. The van der Waals surface area contributed by atoms with Crippen molar-refractivity contribution in [3.63, 3.8) is 0 Å². The summed E-state index contributed by atoms with van der Waals surface area (Å²) in [6.45, 7) is 4.11. The number of carbonyl (C=O) groups excluding carboxylic acids is 1. The second-order valence-electron chi connectivity index (χ2n) is 3.94. The first-order valence-electron chi connectivity index (χ1n) is 5.35. The van der Waals surface area contributed by atoms with Gasteiger partial charge in [-0.3, -0.25) is 0 Å². The van der Waals surface area contributed by atoms with Gasteiger partial charge in [0.2, 0.25) is 0 Å². The minimum absolute atomic E-state index is 0.359. The average Bonchev–Trinajstić information content (AvgIpc) is 2.74. The number of carbonyl (C=O) groups is 1. The van der Waals surface area contributed by atoms with E-state index in [4.69, 9.17) is 4.74 Å². The molecule has 0 N–H and O–H groups in total. The van der Waals surface area contributed by atoms with Crippen LogP contribution in [0.15, 0.2) is 22.1 Å². The Morgan fingerprint density at radius 1 is 1.33 bits per heavy atom. The number of thiazole rings is 1. The molecule has 0 aliphatic heterocycles. The SMILES string of the molecule is COC(=O)c1nc(Br)sc1-c1ccc(C)c(C)c1. The van der Waals surface area contributed by atoms with Crippen LogP contribution in [0.3, 0.4) is 0 Å². The van der Waals surface area contributed by atoms with E-state index in [2.05, 4.69) is 33.9 Å². The Bertz CT molecular complexity index is 607. The van der Waals surface area contributed by atoms with E-state index in [9.17, 15) is 4.79 Å². The minimum Gasteiger partial charge on any atom is -0.464 e. The molecular weight excluding hydrogens is 314 g/mol. The van der Waals surface area contributed by atoms with E-state index in [0.29, 0.717) is 9.61 Å². The quantitative estimate of drug-likeness (QED) is 0.784. The van der Waals surface area contributed by atoms with Crippen molar-refractivity contribution < 1.29 is 9.53 Å². The van der Waals surface area contributed by atoms with Crippen molar-refractivity contribution in [3.8, 4) is 10.4 Å². The van der Waals surface area contributed by atoms with Gasteiger partial charge in [0.25, 0.3) is 0 Å². The lowest BCUT2D eigenvalue weighted by atomic mass is 10.0. The van der Waals surface area contributed by atoms with Gasteiger partial charge in [-0.2, -0.15) is 0 Å². The molecule has 94 valence electrons. The lowest BCUT2D eigenvalue weighted by Crippen LogP contribution is -2.03. The van der Waals surface area contributed by atoms with Gasteiger partial charge in [-0.15, -0.1) is 11.3 Å². The van der Waals surface area contributed by atoms with Crippen LogP contribution in [0.1, 0.15) is 21.6 Å². The third-order valence-electron chi connectivity index (χ3n) is 2.75. The van der Waals surface area contributed by atoms with Crippen LogP contribution in [0, 0.1) is 13.8 Å². The first-order chi connectivity index (χ1) is 8.52. The number of esters is 1. The van der Waals surface area contributed by atoms with Crippen molar-refractivity contribution in [3.05, 3.63) is 38.9 Å². The topological polar surface area (TPSA) is 39.2 Å². The summed E-state index contributed by atoms with van der Waals surface area (Å²) in [5.74, 6) is -0.412. The molecule has 1 aromatic heterocycles. The van der Waals surface area contributed by atoms with Gasteiger partial charge in [-0.25, -0.2) is 9.78 Å². The lowest BCUT2D eigenvalue weighted by Gasteiger charge is -2.04. The zero-order valence-corrected chi connectivity index (χ0v) is 12.7. The van der Waals surface area contributed by atoms with Crippen molar-refractivity contribution in [2.45, 2.75) is 13.8 Å². The zero-order chi connectivity index (χ0) is 13.3. The van der Waals surface area contributed by atoms with E-state index in [1.807, 2.05) is 19.1 Å². The van der Waals surface area contributed by atoms with Crippen LogP contribution in [0.5, 0.6) is 0 Å². The summed E-state index contributed by atoms with van der Waals surface area (Å²) in [6, 6.07) is 6.09. The van der Waals surface area contributed by atoms with Gasteiger partial charge in [-0.1, -0.05) is 18.2 Å². The third-order valence-corrected chi connectivity index (χ3v) is 4.30. The average molecular weight is 326 g/mol. The number of methoxy groups -OCH3 is 1. The monoisotopic (exact) mass is 325 g/mol. The van der Waals surface area contributed by atoms with E-state index < -0.39 is 5.97 Å². The number of nitrogens with zero attached hydrogens (tertiary/aromatic N) is 1. The van der Waals surface area contributed by atoms with Gasteiger partial charge in [0.15, 0.2) is 9.61 Å². The van der Waals surface area contributed by atoms with Crippen molar-refractivity contribution in [2.75, 3.05) is 7.11 Å². The van der Waals surface area contributed by atoms with Crippen LogP contribution in [0.2, 0.25) is 0 Å². The second-order valence-corrected chi connectivity index (χ2v) is 6.21. The molecule has 1 aromatic carbocycles. The Morgan fingerprint density at radius 2 is 2.06 bits per heavy atom. The molecule has 0 spiro atoms. The Balaban J connectivity index is 2.56. The second kappa shape index (κ2) is 5.20. The van der Waals surface area contributed by atoms with Crippen LogP contribution in [0.25, 0.3) is 10.4 Å². The number of halogens is 1. The summed E-state index contributed by atoms with van der Waals surface area (Å²) in [7, 11) is 1.36. The van der Waals surface area contributed by atoms with Crippen LogP contribution in [-0.4, -0.2) is 18.1 Å². The molecule has 0 bridgehead atoms. The summed E-state index contributed by atoms with van der Waals surface area (Å²) in [5.41, 5.74) is 3.76. The van der Waals surface area contributed by atoms with Gasteiger partial charge in [0.05, 0.1) is 12.0 Å². The number of ether oxygens (including phenoxy) is 1. The maximum absolute atomic E-state index is 11.7. The van der Waals surface area contributed by atoms with E-state index in [-0.39, 0.29) is 0 Å². The highest BCUT2D eigenvalue weighted by atomic mass is 79.9. The minimum atomic E-state index is -0.412. The number of aryl methyl sites for hydroxylation is 2.